The first-order valence-electron chi connectivity index (χ1n) is 10.9. The maximum atomic E-state index is 13.3. The summed E-state index contributed by atoms with van der Waals surface area (Å²) < 4.78 is 18.7. The maximum Gasteiger partial charge on any atom is 0.123 e. The maximum absolute atomic E-state index is 13.3. The third-order valence-corrected chi connectivity index (χ3v) is 7.57. The fourth-order valence-electron chi connectivity index (χ4n) is 5.03. The quantitative estimate of drug-likeness (QED) is 0.396. The van der Waals surface area contributed by atoms with Crippen LogP contribution >= 0.6 is 11.9 Å². The Morgan fingerprint density at radius 3 is 2.91 bits per heavy atom. The highest BCUT2D eigenvalue weighted by Crippen LogP contribution is 2.53. The highest BCUT2D eigenvalue weighted by molar-refractivity contribution is 7.96. The van der Waals surface area contributed by atoms with Crippen molar-refractivity contribution in [3.63, 3.8) is 0 Å². The molecule has 0 bridgehead atoms. The molecule has 32 heavy (non-hydrogen) atoms. The van der Waals surface area contributed by atoms with Crippen LogP contribution < -0.4 is 4.72 Å². The summed E-state index contributed by atoms with van der Waals surface area (Å²) in [4.78, 5) is 0. The first-order valence-corrected chi connectivity index (χ1v) is 11.9. The minimum absolute atomic E-state index is 0.261. The molecule has 0 radical (unpaired) electrons. The van der Waals surface area contributed by atoms with Gasteiger partial charge in [0.25, 0.3) is 0 Å². The van der Waals surface area contributed by atoms with Gasteiger partial charge in [-0.1, -0.05) is 41.8 Å². The van der Waals surface area contributed by atoms with Crippen LogP contribution in [0, 0.1) is 35.4 Å². The van der Waals surface area contributed by atoms with Crippen LogP contribution in [0.4, 0.5) is 4.39 Å². The highest BCUT2D eigenvalue weighted by atomic mass is 32.2. The van der Waals surface area contributed by atoms with E-state index in [1.54, 1.807) is 24.1 Å². The summed E-state index contributed by atoms with van der Waals surface area (Å²) in [5.41, 5.74) is 6.24. The largest absolute Gasteiger partial charge is 0.264 e. The second kappa shape index (κ2) is 8.57. The predicted molar refractivity (Wildman–Crippen MR) is 126 cm³/mol. The van der Waals surface area contributed by atoms with E-state index in [2.05, 4.69) is 53.2 Å². The molecule has 1 saturated carbocycles. The van der Waals surface area contributed by atoms with Crippen molar-refractivity contribution in [1.29, 1.82) is 5.26 Å². The molecule has 2 aliphatic rings. The minimum atomic E-state index is -0.472. The van der Waals surface area contributed by atoms with Gasteiger partial charge in [0.15, 0.2) is 0 Å². The van der Waals surface area contributed by atoms with Gasteiger partial charge in [-0.25, -0.2) is 9.07 Å². The molecule has 0 spiro atoms. The summed E-state index contributed by atoms with van der Waals surface area (Å²) in [7, 11) is 0. The van der Waals surface area contributed by atoms with Gasteiger partial charge in [0.1, 0.15) is 5.82 Å². The SMILES string of the molecule is Cc1cccc(CSNCC2CCC3=Cc4c(cnn4-c4ccc(F)cc4)CC32C#N)c1. The molecule has 0 saturated heterocycles. The third kappa shape index (κ3) is 3.76. The van der Waals surface area contributed by atoms with E-state index in [-0.39, 0.29) is 11.7 Å². The van der Waals surface area contributed by atoms with E-state index in [0.717, 1.165) is 42.1 Å². The lowest BCUT2D eigenvalue weighted by atomic mass is 9.69. The number of hydrogen-bond donors (Lipinski definition) is 1. The van der Waals surface area contributed by atoms with Crippen molar-refractivity contribution in [2.24, 2.45) is 11.3 Å². The number of aryl methyl sites for hydroxylation is 1. The van der Waals surface area contributed by atoms with E-state index < -0.39 is 5.41 Å². The normalized spacial score (nSPS) is 21.5. The molecule has 5 rings (SSSR count). The molecule has 1 heterocycles. The predicted octanol–water partition coefficient (Wildman–Crippen LogP) is 5.62. The van der Waals surface area contributed by atoms with Crippen molar-refractivity contribution in [2.45, 2.75) is 31.9 Å². The zero-order valence-electron chi connectivity index (χ0n) is 18.0. The molecule has 2 aliphatic carbocycles. The van der Waals surface area contributed by atoms with E-state index in [1.165, 1.54) is 28.8 Å². The van der Waals surface area contributed by atoms with Crippen LogP contribution in [0.15, 0.2) is 60.3 Å². The number of hydrogen-bond acceptors (Lipinski definition) is 4. The van der Waals surface area contributed by atoms with Crippen molar-refractivity contribution in [1.82, 2.24) is 14.5 Å². The van der Waals surface area contributed by atoms with Crippen molar-refractivity contribution in [2.75, 3.05) is 6.54 Å². The van der Waals surface area contributed by atoms with Crippen LogP contribution in [0.5, 0.6) is 0 Å². The molecule has 3 aromatic rings. The molecule has 1 fully saturated rings. The molecular weight excluding hydrogens is 419 g/mol. The second-order valence-corrected chi connectivity index (χ2v) is 9.60. The molecule has 162 valence electrons. The van der Waals surface area contributed by atoms with Gasteiger partial charge in [-0.05, 0) is 79.1 Å². The Balaban J connectivity index is 1.31. The number of aromatic nitrogens is 2. The Morgan fingerprint density at radius 1 is 1.28 bits per heavy atom. The standard InChI is InChI=1S/C26H25FN4S/c1-18-3-2-4-19(11-18)16-32-30-15-22-6-5-21-12-25-20(13-26(21,22)17-28)14-29-31(25)24-9-7-23(27)8-10-24/h2-4,7-12,14,22,30H,5-6,13,15-16H2,1H3. The van der Waals surface area contributed by atoms with Gasteiger partial charge in [-0.15, -0.1) is 0 Å². The van der Waals surface area contributed by atoms with Crippen LogP contribution in [0.2, 0.25) is 0 Å². The number of benzene rings is 2. The number of fused-ring (bicyclic) bond motifs is 2. The van der Waals surface area contributed by atoms with Gasteiger partial charge >= 0.3 is 0 Å². The number of allylic oxidation sites excluding steroid dienone is 1. The van der Waals surface area contributed by atoms with Crippen LogP contribution in [0.1, 0.15) is 35.2 Å². The van der Waals surface area contributed by atoms with Gasteiger partial charge in [0.05, 0.1) is 29.1 Å². The summed E-state index contributed by atoms with van der Waals surface area (Å²) in [5.74, 6) is 0.916. The lowest BCUT2D eigenvalue weighted by molar-refractivity contribution is 0.327. The van der Waals surface area contributed by atoms with Gasteiger partial charge in [0, 0.05) is 12.3 Å². The molecule has 0 amide bonds. The third-order valence-electron chi connectivity index (χ3n) is 6.72. The topological polar surface area (TPSA) is 53.6 Å². The molecule has 2 aromatic carbocycles. The van der Waals surface area contributed by atoms with Gasteiger partial charge in [-0.2, -0.15) is 10.4 Å². The van der Waals surface area contributed by atoms with Crippen molar-refractivity contribution in [3.8, 4) is 11.8 Å². The van der Waals surface area contributed by atoms with E-state index in [1.807, 2.05) is 10.9 Å². The Kier molecular flexibility index (Phi) is 5.62. The molecule has 0 aliphatic heterocycles. The average molecular weight is 445 g/mol. The molecule has 2 unspecified atom stereocenters. The second-order valence-electron chi connectivity index (χ2n) is 8.73. The Labute approximate surface area is 192 Å². The van der Waals surface area contributed by atoms with Gasteiger partial charge in [-0.3, -0.25) is 4.72 Å². The van der Waals surface area contributed by atoms with E-state index in [0.29, 0.717) is 6.42 Å². The summed E-state index contributed by atoms with van der Waals surface area (Å²) in [5, 5.41) is 14.8. The average Bonchev–Trinajstić information content (AvgIpc) is 3.37. The summed E-state index contributed by atoms with van der Waals surface area (Å²) in [6.45, 7) is 2.92. The van der Waals surface area contributed by atoms with E-state index in [9.17, 15) is 9.65 Å². The van der Waals surface area contributed by atoms with Crippen LogP contribution in [0.25, 0.3) is 11.8 Å². The van der Waals surface area contributed by atoms with E-state index >= 15 is 0 Å². The molecule has 4 nitrogen and oxygen atoms in total. The smallest absolute Gasteiger partial charge is 0.123 e. The number of halogens is 1. The summed E-state index contributed by atoms with van der Waals surface area (Å²) >= 11 is 1.71. The van der Waals surface area contributed by atoms with Crippen LogP contribution in [-0.2, 0) is 12.2 Å². The summed E-state index contributed by atoms with van der Waals surface area (Å²) in [6, 6.07) is 17.6. The van der Waals surface area contributed by atoms with Gasteiger partial charge < -0.3 is 0 Å². The highest BCUT2D eigenvalue weighted by Gasteiger charge is 2.49. The Hall–Kier alpha value is -2.88. The number of rotatable bonds is 6. The monoisotopic (exact) mass is 444 g/mol. The molecule has 1 N–H and O–H groups in total. The van der Waals surface area contributed by atoms with E-state index in [4.69, 9.17) is 0 Å². The molecule has 1 aromatic heterocycles. The van der Waals surface area contributed by atoms with Crippen LogP contribution in [-0.4, -0.2) is 16.3 Å². The number of nitrogens with one attached hydrogen (secondary N) is 1. The number of nitriles is 1. The fraction of sp³-hybridized carbons (Fsp3) is 0.308. The lowest BCUT2D eigenvalue weighted by Gasteiger charge is -2.33. The van der Waals surface area contributed by atoms with Crippen molar-refractivity contribution < 1.29 is 4.39 Å². The van der Waals surface area contributed by atoms with Gasteiger partial charge in [0.2, 0.25) is 0 Å². The Bertz CT molecular complexity index is 1210. The van der Waals surface area contributed by atoms with Crippen LogP contribution in [0.3, 0.4) is 0 Å². The molecule has 2 atom stereocenters. The zero-order chi connectivity index (χ0) is 22.1. The lowest BCUT2D eigenvalue weighted by Crippen LogP contribution is -2.35. The van der Waals surface area contributed by atoms with Crippen molar-refractivity contribution >= 4 is 18.0 Å². The van der Waals surface area contributed by atoms with Crippen molar-refractivity contribution in [3.05, 3.63) is 88.5 Å². The zero-order valence-corrected chi connectivity index (χ0v) is 18.8. The Morgan fingerprint density at radius 2 is 2.12 bits per heavy atom. The first kappa shape index (κ1) is 21.0. The fourth-order valence-corrected chi connectivity index (χ4v) is 5.80. The molecule has 6 heteroatoms. The first-order chi connectivity index (χ1) is 15.6. The number of nitrogens with zero attached hydrogens (tertiary/aromatic N) is 3. The summed E-state index contributed by atoms with van der Waals surface area (Å²) in [6.07, 6.45) is 6.63. The molecular formula is C26H25FN4S. The minimum Gasteiger partial charge on any atom is -0.264 e.